The third-order valence-electron chi connectivity index (χ3n) is 5.48. The highest BCUT2D eigenvalue weighted by Gasteiger charge is 2.36. The molecule has 0 aromatic heterocycles. The van der Waals surface area contributed by atoms with Crippen molar-refractivity contribution in [3.63, 3.8) is 0 Å². The lowest BCUT2D eigenvalue weighted by molar-refractivity contribution is 0.0473. The molecule has 0 spiro atoms. The lowest BCUT2D eigenvalue weighted by Gasteiger charge is -2.40. The molecule has 2 aliphatic heterocycles. The summed E-state index contributed by atoms with van der Waals surface area (Å²) < 4.78 is 16.7. The quantitative estimate of drug-likeness (QED) is 0.922. The van der Waals surface area contributed by atoms with Crippen LogP contribution >= 0.6 is 0 Å². The summed E-state index contributed by atoms with van der Waals surface area (Å²) in [5, 5.41) is 3.77. The number of ether oxygens (including phenoxy) is 3. The van der Waals surface area contributed by atoms with E-state index in [0.717, 1.165) is 44.1 Å². The molecule has 0 aliphatic carbocycles. The molecule has 128 valence electrons. The minimum Gasteiger partial charge on any atom is -0.454 e. The van der Waals surface area contributed by atoms with E-state index in [1.165, 1.54) is 5.56 Å². The fourth-order valence-electron chi connectivity index (χ4n) is 3.21. The Bertz CT molecular complexity index is 544. The molecule has 2 heterocycles. The van der Waals surface area contributed by atoms with Gasteiger partial charge in [0.25, 0.3) is 0 Å². The van der Waals surface area contributed by atoms with Gasteiger partial charge in [-0.15, -0.1) is 0 Å². The summed E-state index contributed by atoms with van der Waals surface area (Å²) in [4.78, 5) is 0. The van der Waals surface area contributed by atoms with Crippen LogP contribution in [-0.2, 0) is 10.2 Å². The highest BCUT2D eigenvalue weighted by Crippen LogP contribution is 2.40. The number of fused-ring (bicyclic) bond motifs is 1. The van der Waals surface area contributed by atoms with Gasteiger partial charge < -0.3 is 19.5 Å². The Morgan fingerprint density at radius 2 is 1.83 bits per heavy atom. The monoisotopic (exact) mass is 319 g/mol. The number of benzene rings is 1. The van der Waals surface area contributed by atoms with Crippen molar-refractivity contribution in [2.24, 2.45) is 5.41 Å². The molecule has 0 radical (unpaired) electrons. The fraction of sp³-hybridized carbons (Fsp3) is 0.684. The molecule has 0 bridgehead atoms. The van der Waals surface area contributed by atoms with E-state index in [9.17, 15) is 0 Å². The molecule has 2 aliphatic rings. The van der Waals surface area contributed by atoms with Crippen molar-refractivity contribution in [2.75, 3.05) is 26.6 Å². The van der Waals surface area contributed by atoms with Gasteiger partial charge in [0.2, 0.25) is 6.79 Å². The van der Waals surface area contributed by atoms with Gasteiger partial charge in [-0.05, 0) is 42.9 Å². The summed E-state index contributed by atoms with van der Waals surface area (Å²) >= 11 is 0. The topological polar surface area (TPSA) is 39.7 Å². The van der Waals surface area contributed by atoms with E-state index in [0.29, 0.717) is 12.8 Å². The van der Waals surface area contributed by atoms with Gasteiger partial charge in [0.1, 0.15) is 0 Å². The largest absolute Gasteiger partial charge is 0.454 e. The maximum Gasteiger partial charge on any atom is 0.231 e. The Labute approximate surface area is 139 Å². The molecular formula is C19H29NO3. The van der Waals surface area contributed by atoms with Crippen LogP contribution in [-0.4, -0.2) is 32.6 Å². The van der Waals surface area contributed by atoms with Crippen molar-refractivity contribution in [3.05, 3.63) is 23.8 Å². The minimum atomic E-state index is 0.110. The lowest BCUT2D eigenvalue weighted by atomic mass is 9.73. The minimum absolute atomic E-state index is 0.110. The maximum absolute atomic E-state index is 5.63. The van der Waals surface area contributed by atoms with Gasteiger partial charge >= 0.3 is 0 Å². The van der Waals surface area contributed by atoms with Crippen molar-refractivity contribution in [2.45, 2.75) is 52.0 Å². The Hall–Kier alpha value is -1.26. The van der Waals surface area contributed by atoms with Crippen LogP contribution in [0.3, 0.4) is 0 Å². The highest BCUT2D eigenvalue weighted by atomic mass is 16.7. The molecule has 4 nitrogen and oxygen atoms in total. The zero-order valence-corrected chi connectivity index (χ0v) is 14.8. The highest BCUT2D eigenvalue weighted by molar-refractivity contribution is 5.47. The Balaban J connectivity index is 1.82. The Morgan fingerprint density at radius 3 is 2.52 bits per heavy atom. The first-order chi connectivity index (χ1) is 10.9. The van der Waals surface area contributed by atoms with Crippen LogP contribution in [0.1, 0.15) is 46.1 Å². The second kappa shape index (κ2) is 6.33. The van der Waals surface area contributed by atoms with Crippen LogP contribution in [0.5, 0.6) is 11.5 Å². The molecule has 3 rings (SSSR count). The number of hydrogen-bond acceptors (Lipinski definition) is 4. The Kier molecular flexibility index (Phi) is 4.56. The smallest absolute Gasteiger partial charge is 0.231 e. The van der Waals surface area contributed by atoms with E-state index in [4.69, 9.17) is 14.2 Å². The normalized spacial score (nSPS) is 21.2. The van der Waals surface area contributed by atoms with Crippen LogP contribution in [0.25, 0.3) is 0 Å². The van der Waals surface area contributed by atoms with E-state index in [1.54, 1.807) is 0 Å². The number of rotatable bonds is 4. The molecule has 0 amide bonds. The molecular weight excluding hydrogens is 290 g/mol. The molecule has 0 saturated carbocycles. The van der Waals surface area contributed by atoms with E-state index in [2.05, 4.69) is 45.1 Å². The molecule has 1 unspecified atom stereocenters. The summed E-state index contributed by atoms with van der Waals surface area (Å²) in [5.41, 5.74) is 1.69. The first-order valence-corrected chi connectivity index (χ1v) is 8.62. The first-order valence-electron chi connectivity index (χ1n) is 8.62. The summed E-state index contributed by atoms with van der Waals surface area (Å²) in [6.07, 6.45) is 2.08. The standard InChI is InChI=1S/C19H29NO3/c1-14(18(2,3)4)20-12-19(7-9-21-10-8-19)15-5-6-16-17(11-15)23-13-22-16/h5-6,11,14,20H,7-10,12-13H2,1-4H3. The predicted octanol–water partition coefficient (Wildman–Crippen LogP) is 3.49. The summed E-state index contributed by atoms with van der Waals surface area (Å²) in [6, 6.07) is 6.86. The van der Waals surface area contributed by atoms with Gasteiger partial charge in [0, 0.05) is 31.2 Å². The number of nitrogens with one attached hydrogen (secondary N) is 1. The fourth-order valence-corrected chi connectivity index (χ4v) is 3.21. The molecule has 1 fully saturated rings. The first kappa shape index (κ1) is 16.6. The van der Waals surface area contributed by atoms with E-state index >= 15 is 0 Å². The third kappa shape index (κ3) is 3.48. The summed E-state index contributed by atoms with van der Waals surface area (Å²) in [6.45, 7) is 12.0. The van der Waals surface area contributed by atoms with Crippen molar-refractivity contribution in [3.8, 4) is 11.5 Å². The van der Waals surface area contributed by atoms with Gasteiger partial charge in [0.15, 0.2) is 11.5 Å². The average Bonchev–Trinajstić information content (AvgIpc) is 3.00. The second-order valence-corrected chi connectivity index (χ2v) is 7.93. The lowest BCUT2D eigenvalue weighted by Crippen LogP contribution is -2.48. The SMILES string of the molecule is CC(NCC1(c2ccc3c(c2)OCO3)CCOCC1)C(C)(C)C. The molecule has 1 aromatic rings. The van der Waals surface area contributed by atoms with Crippen molar-refractivity contribution >= 4 is 0 Å². The van der Waals surface area contributed by atoms with Crippen LogP contribution in [0.4, 0.5) is 0 Å². The third-order valence-corrected chi connectivity index (χ3v) is 5.48. The molecule has 4 heteroatoms. The van der Waals surface area contributed by atoms with E-state index < -0.39 is 0 Å². The summed E-state index contributed by atoms with van der Waals surface area (Å²) in [5.74, 6) is 1.73. The van der Waals surface area contributed by atoms with Gasteiger partial charge in [-0.3, -0.25) is 0 Å². The zero-order chi connectivity index (χ0) is 16.5. The van der Waals surface area contributed by atoms with Crippen LogP contribution in [0, 0.1) is 5.41 Å². The predicted molar refractivity (Wildman–Crippen MR) is 91.2 cm³/mol. The van der Waals surface area contributed by atoms with Gasteiger partial charge in [-0.25, -0.2) is 0 Å². The van der Waals surface area contributed by atoms with Crippen LogP contribution < -0.4 is 14.8 Å². The van der Waals surface area contributed by atoms with E-state index in [1.807, 2.05) is 6.07 Å². The second-order valence-electron chi connectivity index (χ2n) is 7.93. The number of hydrogen-bond donors (Lipinski definition) is 1. The molecule has 23 heavy (non-hydrogen) atoms. The molecule has 1 aromatic carbocycles. The van der Waals surface area contributed by atoms with E-state index in [-0.39, 0.29) is 10.8 Å². The molecule has 1 atom stereocenters. The average molecular weight is 319 g/mol. The van der Waals surface area contributed by atoms with Crippen LogP contribution in [0.2, 0.25) is 0 Å². The van der Waals surface area contributed by atoms with Gasteiger partial charge in [-0.1, -0.05) is 26.8 Å². The van der Waals surface area contributed by atoms with Crippen LogP contribution in [0.15, 0.2) is 18.2 Å². The van der Waals surface area contributed by atoms with Crippen molar-refractivity contribution in [1.82, 2.24) is 5.32 Å². The molecule has 1 saturated heterocycles. The Morgan fingerprint density at radius 1 is 1.13 bits per heavy atom. The zero-order valence-electron chi connectivity index (χ0n) is 14.8. The van der Waals surface area contributed by atoms with Gasteiger partial charge in [-0.2, -0.15) is 0 Å². The van der Waals surface area contributed by atoms with Crippen molar-refractivity contribution < 1.29 is 14.2 Å². The maximum atomic E-state index is 5.63. The van der Waals surface area contributed by atoms with Gasteiger partial charge in [0.05, 0.1) is 0 Å². The molecule has 1 N–H and O–H groups in total. The van der Waals surface area contributed by atoms with Crippen molar-refractivity contribution in [1.29, 1.82) is 0 Å². The summed E-state index contributed by atoms with van der Waals surface area (Å²) in [7, 11) is 0.